The van der Waals surface area contributed by atoms with Crippen LogP contribution in [0.4, 0.5) is 24.8 Å². The highest BCUT2D eigenvalue weighted by Gasteiger charge is 2.31. The molecule has 0 spiro atoms. The fourth-order valence-electron chi connectivity index (χ4n) is 3.76. The van der Waals surface area contributed by atoms with Crippen LogP contribution in [0.2, 0.25) is 0 Å². The Morgan fingerprint density at radius 1 is 1.13 bits per heavy atom. The number of aliphatic hydroxyl groups is 4. The van der Waals surface area contributed by atoms with Crippen LogP contribution in [0.25, 0.3) is 16.8 Å². The number of fused-ring (bicyclic) bond motifs is 1. The summed E-state index contributed by atoms with van der Waals surface area (Å²) >= 11 is 0. The van der Waals surface area contributed by atoms with Crippen molar-refractivity contribution in [3.05, 3.63) is 70.9 Å². The first-order valence-electron chi connectivity index (χ1n) is 11.0. The number of benzene rings is 1. The largest absolute Gasteiger partial charge is 0.416 e. The first-order valence-corrected chi connectivity index (χ1v) is 11.0. The zero-order chi connectivity index (χ0) is 28.2. The number of carbonyl (C=O) groups is 1. The number of nitrogens with zero attached hydrogens (tertiary/aromatic N) is 4. The van der Waals surface area contributed by atoms with Crippen molar-refractivity contribution in [1.29, 1.82) is 0 Å². The van der Waals surface area contributed by atoms with E-state index in [1.54, 1.807) is 24.4 Å². The molecule has 1 amide bonds. The van der Waals surface area contributed by atoms with Crippen LogP contribution < -0.4 is 11.1 Å². The minimum atomic E-state index is -4.61. The van der Waals surface area contributed by atoms with Gasteiger partial charge in [0.25, 0.3) is 5.91 Å². The van der Waals surface area contributed by atoms with Crippen molar-refractivity contribution in [2.24, 2.45) is 0 Å². The maximum Gasteiger partial charge on any atom is 0.416 e. The molecule has 11 nitrogen and oxygen atoms in total. The first kappa shape index (κ1) is 28.5. The van der Waals surface area contributed by atoms with Gasteiger partial charge in [0, 0.05) is 23.7 Å². The molecule has 0 bridgehead atoms. The molecule has 0 saturated heterocycles. The Morgan fingerprint density at radius 3 is 2.42 bits per heavy atom. The van der Waals surface area contributed by atoms with Crippen LogP contribution in [0.1, 0.15) is 34.3 Å². The van der Waals surface area contributed by atoms with Crippen LogP contribution in [0.3, 0.4) is 0 Å². The Morgan fingerprint density at radius 2 is 1.82 bits per heavy atom. The monoisotopic (exact) mass is 534 g/mol. The summed E-state index contributed by atoms with van der Waals surface area (Å²) in [6, 6.07) is 5.43. The number of nitrogens with one attached hydrogen (secondary N) is 1. The molecule has 0 aliphatic rings. The first-order chi connectivity index (χ1) is 17.9. The van der Waals surface area contributed by atoms with Crippen LogP contribution in [-0.4, -0.2) is 52.5 Å². The number of aliphatic hydroxyl groups excluding tert-OH is 3. The van der Waals surface area contributed by atoms with Crippen molar-refractivity contribution in [3.8, 4) is 11.3 Å². The van der Waals surface area contributed by atoms with Crippen LogP contribution in [0.15, 0.2) is 42.7 Å². The predicted molar refractivity (Wildman–Crippen MR) is 130 cm³/mol. The fourth-order valence-corrected chi connectivity index (χ4v) is 3.76. The van der Waals surface area contributed by atoms with Gasteiger partial charge in [-0.15, -0.1) is 0 Å². The lowest BCUT2D eigenvalue weighted by molar-refractivity contribution is -0.138. The molecule has 38 heavy (non-hydrogen) atoms. The molecule has 0 radical (unpaired) electrons. The number of hydrogen-bond acceptors (Lipinski definition) is 9. The van der Waals surface area contributed by atoms with Gasteiger partial charge in [0.1, 0.15) is 42.1 Å². The van der Waals surface area contributed by atoms with Crippen LogP contribution >= 0.6 is 0 Å². The number of imidazole rings is 1. The summed E-state index contributed by atoms with van der Waals surface area (Å²) in [4.78, 5) is 25.3. The zero-order valence-electron chi connectivity index (χ0n) is 20.2. The second kappa shape index (κ2) is 11.5. The van der Waals surface area contributed by atoms with E-state index in [0.29, 0.717) is 28.2 Å². The van der Waals surface area contributed by atoms with Gasteiger partial charge in [0.15, 0.2) is 6.10 Å². The maximum absolute atomic E-state index is 12.9. The molecule has 0 saturated carbocycles. The highest BCUT2D eigenvalue weighted by Crippen LogP contribution is 2.33. The van der Waals surface area contributed by atoms with E-state index in [9.17, 15) is 28.2 Å². The topological polar surface area (TPSA) is 179 Å². The lowest BCUT2D eigenvalue weighted by Crippen LogP contribution is -2.22. The van der Waals surface area contributed by atoms with Gasteiger partial charge in [-0.3, -0.25) is 9.20 Å². The van der Waals surface area contributed by atoms with E-state index in [-0.39, 0.29) is 23.8 Å². The number of rotatable bonds is 5. The van der Waals surface area contributed by atoms with Gasteiger partial charge in [-0.1, -0.05) is 12.1 Å². The molecule has 7 N–H and O–H groups in total. The standard InChI is InChI=1S/C23H21F3N6O3.CH4O2/c1-11-6-16(30-22(35)20(34)13-4-3-5-14(7-13)23(24,25)26)28-9-15(11)18-19-21(27)29-8-12(2)32(19)17(10-33)31-18;2-1-3/h3-9,20,33-34H,10H2,1-2H3,(H2,27,29)(H,28,30,35);2-3H,1H2. The predicted octanol–water partition coefficient (Wildman–Crippen LogP) is 2.10. The quantitative estimate of drug-likeness (QED) is 0.209. The average molecular weight is 534 g/mol. The molecule has 3 aromatic heterocycles. The summed E-state index contributed by atoms with van der Waals surface area (Å²) in [5, 5.41) is 36.7. The number of alkyl halides is 3. The minimum Gasteiger partial charge on any atom is -0.388 e. The molecule has 1 unspecified atom stereocenters. The third-order valence-corrected chi connectivity index (χ3v) is 5.47. The van der Waals surface area contributed by atoms with Crippen molar-refractivity contribution < 1.29 is 38.4 Å². The lowest BCUT2D eigenvalue weighted by Gasteiger charge is -2.14. The Kier molecular flexibility index (Phi) is 8.63. The van der Waals surface area contributed by atoms with E-state index >= 15 is 0 Å². The number of hydrogen-bond donors (Lipinski definition) is 6. The number of aryl methyl sites for hydroxylation is 2. The lowest BCUT2D eigenvalue weighted by atomic mass is 10.0. The van der Waals surface area contributed by atoms with E-state index in [1.165, 1.54) is 18.3 Å². The average Bonchev–Trinajstić information content (AvgIpc) is 3.27. The molecule has 0 aliphatic heterocycles. The van der Waals surface area contributed by atoms with Crippen molar-refractivity contribution >= 4 is 23.1 Å². The van der Waals surface area contributed by atoms with Gasteiger partial charge in [0.05, 0.1) is 5.56 Å². The SMILES string of the molecule is Cc1cc(NC(=O)C(O)c2cccc(C(F)(F)F)c2)ncc1-c1nc(CO)n2c(C)cnc(N)c12.OCO. The van der Waals surface area contributed by atoms with Gasteiger partial charge in [-0.05, 0) is 43.2 Å². The third kappa shape index (κ3) is 5.89. The molecule has 1 aromatic carbocycles. The minimum absolute atomic E-state index is 0.0791. The summed E-state index contributed by atoms with van der Waals surface area (Å²) in [5.74, 6) is -0.292. The van der Waals surface area contributed by atoms with Crippen LogP contribution in [0.5, 0.6) is 0 Å². The van der Waals surface area contributed by atoms with Crippen LogP contribution in [0, 0.1) is 13.8 Å². The second-order valence-corrected chi connectivity index (χ2v) is 8.04. The Hall–Kier alpha value is -4.11. The smallest absolute Gasteiger partial charge is 0.388 e. The summed E-state index contributed by atoms with van der Waals surface area (Å²) in [7, 11) is 0. The zero-order valence-corrected chi connectivity index (χ0v) is 20.2. The van der Waals surface area contributed by atoms with Crippen molar-refractivity contribution in [2.45, 2.75) is 32.7 Å². The van der Waals surface area contributed by atoms with Gasteiger partial charge in [-0.25, -0.2) is 15.0 Å². The second-order valence-electron chi connectivity index (χ2n) is 8.04. The Bertz CT molecular complexity index is 1460. The maximum atomic E-state index is 12.9. The number of carbonyl (C=O) groups excluding carboxylic acids is 1. The number of pyridine rings is 1. The van der Waals surface area contributed by atoms with E-state index in [4.69, 9.17) is 15.9 Å². The molecular formula is C24H25F3N6O5. The summed E-state index contributed by atoms with van der Waals surface area (Å²) < 4.78 is 40.5. The van der Waals surface area contributed by atoms with E-state index in [2.05, 4.69) is 20.3 Å². The van der Waals surface area contributed by atoms with Gasteiger partial charge < -0.3 is 31.5 Å². The van der Waals surface area contributed by atoms with Crippen molar-refractivity contribution in [1.82, 2.24) is 19.4 Å². The molecular weight excluding hydrogens is 509 g/mol. The van der Waals surface area contributed by atoms with E-state index < -0.39 is 30.5 Å². The molecule has 4 rings (SSSR count). The number of amides is 1. The number of anilines is 2. The molecule has 0 fully saturated rings. The molecule has 14 heteroatoms. The highest BCUT2D eigenvalue weighted by molar-refractivity contribution is 5.94. The van der Waals surface area contributed by atoms with E-state index in [1.807, 2.05) is 0 Å². The molecule has 3 heterocycles. The highest BCUT2D eigenvalue weighted by atomic mass is 19.4. The van der Waals surface area contributed by atoms with Crippen molar-refractivity contribution in [3.63, 3.8) is 0 Å². The number of halogens is 3. The normalized spacial score (nSPS) is 12.1. The van der Waals surface area contributed by atoms with Gasteiger partial charge in [0.2, 0.25) is 0 Å². The van der Waals surface area contributed by atoms with Crippen molar-refractivity contribution in [2.75, 3.05) is 17.8 Å². The van der Waals surface area contributed by atoms with Crippen LogP contribution in [-0.2, 0) is 17.6 Å². The number of nitrogen functional groups attached to an aromatic ring is 1. The molecule has 1 atom stereocenters. The Balaban J connectivity index is 0.00000127. The summed E-state index contributed by atoms with van der Waals surface area (Å²) in [6.45, 7) is 2.45. The van der Waals surface area contributed by atoms with E-state index in [0.717, 1.165) is 23.9 Å². The number of aromatic nitrogens is 4. The number of nitrogens with two attached hydrogens (primary N) is 1. The Labute approximate surface area is 214 Å². The fraction of sp³-hybridized carbons (Fsp3) is 0.250. The summed E-state index contributed by atoms with van der Waals surface area (Å²) in [6.07, 6.45) is -3.44. The molecule has 4 aromatic rings. The summed E-state index contributed by atoms with van der Waals surface area (Å²) in [5.41, 5.74) is 7.75. The van der Waals surface area contributed by atoms with Gasteiger partial charge >= 0.3 is 6.18 Å². The molecule has 202 valence electrons. The molecule has 0 aliphatic carbocycles. The third-order valence-electron chi connectivity index (χ3n) is 5.47. The van der Waals surface area contributed by atoms with Gasteiger partial charge in [-0.2, -0.15) is 13.2 Å².